The van der Waals surface area contributed by atoms with E-state index < -0.39 is 11.9 Å². The molecular formula is C16H15FN2O2. The van der Waals surface area contributed by atoms with Crippen LogP contribution in [0.4, 0.5) is 4.39 Å². The van der Waals surface area contributed by atoms with Gasteiger partial charge in [0.2, 0.25) is 5.95 Å². The number of halogens is 1. The summed E-state index contributed by atoms with van der Waals surface area (Å²) in [4.78, 5) is 15.5. The minimum atomic E-state index is -0.841. The molecule has 108 valence electrons. The first-order chi connectivity index (χ1) is 10.1. The molecule has 0 spiro atoms. The summed E-state index contributed by atoms with van der Waals surface area (Å²) < 4.78 is 20.2. The molecule has 1 aromatic heterocycles. The molecule has 1 aromatic carbocycles. The van der Waals surface area contributed by atoms with Crippen molar-refractivity contribution in [2.45, 2.75) is 19.9 Å². The van der Waals surface area contributed by atoms with E-state index in [9.17, 15) is 9.18 Å². The summed E-state index contributed by atoms with van der Waals surface area (Å²) in [5.74, 6) is 3.59. The van der Waals surface area contributed by atoms with E-state index in [0.717, 1.165) is 5.56 Å². The van der Waals surface area contributed by atoms with Crippen LogP contribution in [0.1, 0.15) is 35.9 Å². The molecule has 2 rings (SSSR count). The minimum absolute atomic E-state index is 0.0698. The number of ether oxygens (including phenoxy) is 1. The van der Waals surface area contributed by atoms with Gasteiger partial charge in [0, 0.05) is 0 Å². The summed E-state index contributed by atoms with van der Waals surface area (Å²) in [5, 5.41) is 0. The van der Waals surface area contributed by atoms with Crippen molar-refractivity contribution in [1.82, 2.24) is 9.55 Å². The number of benzene rings is 1. The molecule has 1 heterocycles. The summed E-state index contributed by atoms with van der Waals surface area (Å²) in [6.45, 7) is 3.43. The largest absolute Gasteiger partial charge is 0.448 e. The first-order valence-corrected chi connectivity index (χ1v) is 6.49. The number of rotatable bonds is 4. The topological polar surface area (TPSA) is 44.1 Å². The molecule has 2 aromatic rings. The van der Waals surface area contributed by atoms with Crippen molar-refractivity contribution in [3.8, 4) is 11.8 Å². The van der Waals surface area contributed by atoms with Gasteiger partial charge in [-0.15, -0.1) is 5.92 Å². The Morgan fingerprint density at radius 1 is 1.43 bits per heavy atom. The van der Waals surface area contributed by atoms with Crippen molar-refractivity contribution in [2.75, 3.05) is 6.61 Å². The fourth-order valence-electron chi connectivity index (χ4n) is 1.96. The fourth-order valence-corrected chi connectivity index (χ4v) is 1.96. The van der Waals surface area contributed by atoms with E-state index >= 15 is 0 Å². The molecule has 5 heteroatoms. The maximum Gasteiger partial charge on any atom is 0.360 e. The van der Waals surface area contributed by atoms with Crippen LogP contribution in [0.3, 0.4) is 0 Å². The average molecular weight is 286 g/mol. The molecule has 0 saturated heterocycles. The third-order valence-electron chi connectivity index (χ3n) is 3.09. The molecule has 0 amide bonds. The predicted octanol–water partition coefficient (Wildman–Crippen LogP) is 2.81. The van der Waals surface area contributed by atoms with Crippen molar-refractivity contribution in [3.63, 3.8) is 0 Å². The van der Waals surface area contributed by atoms with Crippen LogP contribution in [0.2, 0.25) is 0 Å². The lowest BCUT2D eigenvalue weighted by molar-refractivity contribution is 0.0537. The Labute approximate surface area is 122 Å². The maximum atomic E-state index is 13.8. The zero-order valence-electron chi connectivity index (χ0n) is 11.8. The molecule has 1 atom stereocenters. The van der Waals surface area contributed by atoms with Gasteiger partial charge in [-0.2, -0.15) is 4.39 Å². The Hall–Kier alpha value is -2.61. The van der Waals surface area contributed by atoms with E-state index in [0.29, 0.717) is 0 Å². The van der Waals surface area contributed by atoms with E-state index in [1.165, 1.54) is 10.9 Å². The van der Waals surface area contributed by atoms with E-state index in [2.05, 4.69) is 16.8 Å². The first-order valence-electron chi connectivity index (χ1n) is 6.49. The quantitative estimate of drug-likeness (QED) is 0.641. The molecular weight excluding hydrogens is 271 g/mol. The molecule has 21 heavy (non-hydrogen) atoms. The van der Waals surface area contributed by atoms with Crippen molar-refractivity contribution in [1.29, 1.82) is 0 Å². The lowest BCUT2D eigenvalue weighted by Crippen LogP contribution is -2.17. The lowest BCUT2D eigenvalue weighted by Gasteiger charge is -2.16. The molecule has 0 aliphatic heterocycles. The standard InChI is InChI=1S/C16H15FN2O2/c1-3-4-10-21-16(20)14-15(17)18-11-19(14)12(2)13-8-6-5-7-9-13/h5-9,11-12H,10H2,1-2H3/t12-/m1/s1. The van der Waals surface area contributed by atoms with Gasteiger partial charge in [0.15, 0.2) is 12.3 Å². The van der Waals surface area contributed by atoms with Gasteiger partial charge >= 0.3 is 5.97 Å². The normalized spacial score (nSPS) is 11.4. The fraction of sp³-hybridized carbons (Fsp3) is 0.250. The smallest absolute Gasteiger partial charge is 0.360 e. The second-order valence-electron chi connectivity index (χ2n) is 4.38. The number of hydrogen-bond donors (Lipinski definition) is 0. The highest BCUT2D eigenvalue weighted by Gasteiger charge is 2.23. The number of imidazole rings is 1. The third kappa shape index (κ3) is 3.29. The molecule has 0 radical (unpaired) electrons. The van der Waals surface area contributed by atoms with Crippen molar-refractivity contribution in [3.05, 3.63) is 53.9 Å². The second kappa shape index (κ2) is 6.71. The highest BCUT2D eigenvalue weighted by molar-refractivity contribution is 5.87. The first kappa shape index (κ1) is 14.8. The number of aromatic nitrogens is 2. The van der Waals surface area contributed by atoms with E-state index in [4.69, 9.17) is 4.74 Å². The molecule has 0 unspecified atom stereocenters. The zero-order chi connectivity index (χ0) is 15.2. The van der Waals surface area contributed by atoms with Gasteiger partial charge in [0.25, 0.3) is 0 Å². The summed E-state index contributed by atoms with van der Waals surface area (Å²) >= 11 is 0. The molecule has 0 N–H and O–H groups in total. The van der Waals surface area contributed by atoms with Crippen LogP contribution in [-0.2, 0) is 4.74 Å². The monoisotopic (exact) mass is 286 g/mol. The van der Waals surface area contributed by atoms with E-state index in [-0.39, 0.29) is 18.3 Å². The third-order valence-corrected chi connectivity index (χ3v) is 3.09. The second-order valence-corrected chi connectivity index (χ2v) is 4.38. The van der Waals surface area contributed by atoms with Crippen LogP contribution in [0.25, 0.3) is 0 Å². The summed E-state index contributed by atoms with van der Waals surface area (Å²) in [5.41, 5.74) is 0.751. The molecule has 4 nitrogen and oxygen atoms in total. The number of nitrogens with zero attached hydrogens (tertiary/aromatic N) is 2. The van der Waals surface area contributed by atoms with Crippen LogP contribution in [0.15, 0.2) is 36.7 Å². The Balaban J connectivity index is 2.29. The molecule has 0 aliphatic rings. The van der Waals surface area contributed by atoms with Gasteiger partial charge in [0.05, 0.1) is 12.4 Å². The minimum Gasteiger partial charge on any atom is -0.448 e. The number of esters is 1. The van der Waals surface area contributed by atoms with Gasteiger partial charge in [-0.05, 0) is 19.4 Å². The van der Waals surface area contributed by atoms with Gasteiger partial charge in [0.1, 0.15) is 0 Å². The lowest BCUT2D eigenvalue weighted by atomic mass is 10.1. The van der Waals surface area contributed by atoms with Crippen molar-refractivity contribution >= 4 is 5.97 Å². The highest BCUT2D eigenvalue weighted by atomic mass is 19.1. The van der Waals surface area contributed by atoms with Crippen molar-refractivity contribution < 1.29 is 13.9 Å². The number of carbonyl (C=O) groups is 1. The maximum absolute atomic E-state index is 13.8. The van der Waals surface area contributed by atoms with Crippen molar-refractivity contribution in [2.24, 2.45) is 0 Å². The highest BCUT2D eigenvalue weighted by Crippen LogP contribution is 2.21. The Bertz CT molecular complexity index is 683. The van der Waals surface area contributed by atoms with Gasteiger partial charge in [-0.1, -0.05) is 36.3 Å². The van der Waals surface area contributed by atoms with Crippen LogP contribution in [0, 0.1) is 17.8 Å². The molecule has 0 saturated carbocycles. The van der Waals surface area contributed by atoms with E-state index in [1.54, 1.807) is 6.92 Å². The van der Waals surface area contributed by atoms with Crippen LogP contribution in [-0.4, -0.2) is 22.1 Å². The van der Waals surface area contributed by atoms with Gasteiger partial charge in [-0.3, -0.25) is 0 Å². The molecule has 0 bridgehead atoms. The van der Waals surface area contributed by atoms with Gasteiger partial charge in [-0.25, -0.2) is 9.78 Å². The van der Waals surface area contributed by atoms with Crippen LogP contribution >= 0.6 is 0 Å². The summed E-state index contributed by atoms with van der Waals surface area (Å²) in [6, 6.07) is 9.23. The SMILES string of the molecule is CC#CCOC(=O)c1c(F)ncn1[C@H](C)c1ccccc1. The zero-order valence-corrected chi connectivity index (χ0v) is 11.8. The Kier molecular flexibility index (Phi) is 4.72. The molecule has 0 fully saturated rings. The molecule has 0 aliphatic carbocycles. The number of carbonyl (C=O) groups excluding carboxylic acids is 1. The summed E-state index contributed by atoms with van der Waals surface area (Å²) in [7, 11) is 0. The van der Waals surface area contributed by atoms with Gasteiger partial charge < -0.3 is 9.30 Å². The summed E-state index contributed by atoms with van der Waals surface area (Å²) in [6.07, 6.45) is 1.30. The van der Waals surface area contributed by atoms with Crippen LogP contribution in [0.5, 0.6) is 0 Å². The Morgan fingerprint density at radius 2 is 2.14 bits per heavy atom. The van der Waals surface area contributed by atoms with Crippen LogP contribution < -0.4 is 0 Å². The number of hydrogen-bond acceptors (Lipinski definition) is 3. The Morgan fingerprint density at radius 3 is 2.81 bits per heavy atom. The average Bonchev–Trinajstić information content (AvgIpc) is 2.89. The predicted molar refractivity (Wildman–Crippen MR) is 76.2 cm³/mol. The van der Waals surface area contributed by atoms with E-state index in [1.807, 2.05) is 37.3 Å².